The van der Waals surface area contributed by atoms with E-state index in [2.05, 4.69) is 57.4 Å². The van der Waals surface area contributed by atoms with Crippen LogP contribution in [0.4, 0.5) is 0 Å². The summed E-state index contributed by atoms with van der Waals surface area (Å²) in [5.41, 5.74) is 1.37. The van der Waals surface area contributed by atoms with Crippen molar-refractivity contribution < 1.29 is 4.74 Å². The summed E-state index contributed by atoms with van der Waals surface area (Å²) in [5.74, 6) is 2.70. The molecule has 0 spiro atoms. The number of hydrogen-bond acceptors (Lipinski definition) is 2. The minimum atomic E-state index is 0.230. The van der Waals surface area contributed by atoms with E-state index in [0.717, 1.165) is 17.6 Å². The molecule has 1 saturated carbocycles. The average Bonchev–Trinajstić information content (AvgIpc) is 2.48. The van der Waals surface area contributed by atoms with Crippen molar-refractivity contribution in [2.45, 2.75) is 65.0 Å². The molecule has 0 amide bonds. The normalized spacial score (nSPS) is 24.0. The van der Waals surface area contributed by atoms with Crippen molar-refractivity contribution in [1.29, 1.82) is 0 Å². The first-order chi connectivity index (χ1) is 10.1. The SMILES string of the molecule is CCC1CCC(C(NC)c2cccc(OC(C)C)c2)CC1. The molecule has 118 valence electrons. The molecule has 1 unspecified atom stereocenters. The van der Waals surface area contributed by atoms with Crippen LogP contribution in [-0.4, -0.2) is 13.2 Å². The lowest BCUT2D eigenvalue weighted by atomic mass is 9.76. The van der Waals surface area contributed by atoms with Crippen molar-refractivity contribution >= 4 is 0 Å². The fourth-order valence-corrected chi connectivity index (χ4v) is 3.66. The van der Waals surface area contributed by atoms with Crippen LogP contribution in [0.5, 0.6) is 5.75 Å². The highest BCUT2D eigenvalue weighted by molar-refractivity contribution is 5.31. The highest BCUT2D eigenvalue weighted by Crippen LogP contribution is 2.38. The summed E-state index contributed by atoms with van der Waals surface area (Å²) in [7, 11) is 2.09. The molecular formula is C19H31NO. The molecule has 0 bridgehead atoms. The molecule has 2 heteroatoms. The molecule has 0 radical (unpaired) electrons. The summed E-state index contributed by atoms with van der Waals surface area (Å²) in [6.07, 6.45) is 7.05. The molecule has 1 aliphatic carbocycles. The Hall–Kier alpha value is -1.02. The van der Waals surface area contributed by atoms with Gasteiger partial charge in [0.15, 0.2) is 0 Å². The first-order valence-corrected chi connectivity index (χ1v) is 8.57. The van der Waals surface area contributed by atoms with Gasteiger partial charge in [-0.05, 0) is 63.3 Å². The first kappa shape index (κ1) is 16.4. The maximum Gasteiger partial charge on any atom is 0.120 e. The third-order valence-corrected chi connectivity index (χ3v) is 4.84. The molecule has 2 nitrogen and oxygen atoms in total. The number of benzene rings is 1. The molecule has 0 heterocycles. The van der Waals surface area contributed by atoms with Gasteiger partial charge in [-0.2, -0.15) is 0 Å². The van der Waals surface area contributed by atoms with Gasteiger partial charge in [0.2, 0.25) is 0 Å². The fraction of sp³-hybridized carbons (Fsp3) is 0.684. The summed E-state index contributed by atoms with van der Waals surface area (Å²) in [4.78, 5) is 0. The van der Waals surface area contributed by atoms with Gasteiger partial charge in [0, 0.05) is 6.04 Å². The molecule has 21 heavy (non-hydrogen) atoms. The third kappa shape index (κ3) is 4.47. The smallest absolute Gasteiger partial charge is 0.120 e. The van der Waals surface area contributed by atoms with Crippen LogP contribution >= 0.6 is 0 Å². The van der Waals surface area contributed by atoms with E-state index >= 15 is 0 Å². The molecule has 1 aliphatic rings. The molecule has 0 aromatic heterocycles. The summed E-state index contributed by atoms with van der Waals surface area (Å²) in [5, 5.41) is 3.55. The van der Waals surface area contributed by atoms with E-state index in [1.807, 2.05) is 0 Å². The minimum Gasteiger partial charge on any atom is -0.491 e. The summed E-state index contributed by atoms with van der Waals surface area (Å²) < 4.78 is 5.84. The lowest BCUT2D eigenvalue weighted by Crippen LogP contribution is -2.28. The van der Waals surface area contributed by atoms with Crippen LogP contribution in [0.25, 0.3) is 0 Å². The van der Waals surface area contributed by atoms with Crippen molar-refractivity contribution in [2.24, 2.45) is 11.8 Å². The van der Waals surface area contributed by atoms with Crippen LogP contribution in [0, 0.1) is 11.8 Å². The largest absolute Gasteiger partial charge is 0.491 e. The number of rotatable bonds is 6. The second-order valence-corrected chi connectivity index (χ2v) is 6.69. The monoisotopic (exact) mass is 289 g/mol. The highest BCUT2D eigenvalue weighted by atomic mass is 16.5. The Morgan fingerprint density at radius 2 is 1.90 bits per heavy atom. The van der Waals surface area contributed by atoms with Gasteiger partial charge in [-0.25, -0.2) is 0 Å². The van der Waals surface area contributed by atoms with Crippen molar-refractivity contribution in [3.63, 3.8) is 0 Å². The molecule has 1 atom stereocenters. The van der Waals surface area contributed by atoms with Crippen LogP contribution in [0.1, 0.15) is 64.5 Å². The molecular weight excluding hydrogens is 258 g/mol. The third-order valence-electron chi connectivity index (χ3n) is 4.84. The van der Waals surface area contributed by atoms with E-state index in [0.29, 0.717) is 6.04 Å². The van der Waals surface area contributed by atoms with Gasteiger partial charge in [0.05, 0.1) is 6.10 Å². The standard InChI is InChI=1S/C19H31NO/c1-5-15-9-11-16(12-10-15)19(20-4)17-7-6-8-18(13-17)21-14(2)3/h6-8,13-16,19-20H,5,9-12H2,1-4H3. The average molecular weight is 289 g/mol. The zero-order chi connectivity index (χ0) is 15.2. The fourth-order valence-electron chi connectivity index (χ4n) is 3.66. The van der Waals surface area contributed by atoms with Gasteiger partial charge < -0.3 is 10.1 Å². The Morgan fingerprint density at radius 1 is 1.19 bits per heavy atom. The second-order valence-electron chi connectivity index (χ2n) is 6.69. The molecule has 0 aliphatic heterocycles. The molecule has 1 aromatic carbocycles. The first-order valence-electron chi connectivity index (χ1n) is 8.57. The van der Waals surface area contributed by atoms with E-state index in [1.165, 1.54) is 37.7 Å². The van der Waals surface area contributed by atoms with Gasteiger partial charge in [-0.3, -0.25) is 0 Å². The van der Waals surface area contributed by atoms with Crippen LogP contribution in [0.3, 0.4) is 0 Å². The Bertz CT molecular complexity index is 421. The maximum absolute atomic E-state index is 5.84. The molecule has 1 aromatic rings. The van der Waals surface area contributed by atoms with Crippen molar-refractivity contribution in [3.05, 3.63) is 29.8 Å². The quantitative estimate of drug-likeness (QED) is 0.800. The van der Waals surface area contributed by atoms with Gasteiger partial charge >= 0.3 is 0 Å². The molecule has 2 rings (SSSR count). The summed E-state index contributed by atoms with van der Waals surface area (Å²) >= 11 is 0. The predicted octanol–water partition coefficient (Wildman–Crippen LogP) is 4.95. The van der Waals surface area contributed by atoms with Gasteiger partial charge in [0.25, 0.3) is 0 Å². The van der Waals surface area contributed by atoms with Crippen LogP contribution in [-0.2, 0) is 0 Å². The van der Waals surface area contributed by atoms with Crippen molar-refractivity contribution in [3.8, 4) is 5.75 Å². The second kappa shape index (κ2) is 7.84. The lowest BCUT2D eigenvalue weighted by Gasteiger charge is -2.34. The lowest BCUT2D eigenvalue weighted by molar-refractivity contribution is 0.222. The van der Waals surface area contributed by atoms with Gasteiger partial charge in [-0.1, -0.05) is 38.3 Å². The number of ether oxygens (including phenoxy) is 1. The molecule has 1 fully saturated rings. The Kier molecular flexibility index (Phi) is 6.10. The highest BCUT2D eigenvalue weighted by Gasteiger charge is 2.27. The Balaban J connectivity index is 2.07. The Morgan fingerprint density at radius 3 is 2.48 bits per heavy atom. The van der Waals surface area contributed by atoms with Crippen LogP contribution < -0.4 is 10.1 Å². The van der Waals surface area contributed by atoms with Gasteiger partial charge in [-0.15, -0.1) is 0 Å². The zero-order valence-electron chi connectivity index (χ0n) is 14.1. The van der Waals surface area contributed by atoms with Crippen molar-refractivity contribution in [1.82, 2.24) is 5.32 Å². The minimum absolute atomic E-state index is 0.230. The number of hydrogen-bond donors (Lipinski definition) is 1. The molecule has 0 saturated heterocycles. The van der Waals surface area contributed by atoms with Crippen LogP contribution in [0.2, 0.25) is 0 Å². The number of nitrogens with one attached hydrogen (secondary N) is 1. The van der Waals surface area contributed by atoms with Gasteiger partial charge in [0.1, 0.15) is 5.75 Å². The summed E-state index contributed by atoms with van der Waals surface area (Å²) in [6, 6.07) is 9.09. The van der Waals surface area contributed by atoms with Crippen molar-refractivity contribution in [2.75, 3.05) is 7.05 Å². The summed E-state index contributed by atoms with van der Waals surface area (Å²) in [6.45, 7) is 6.48. The van der Waals surface area contributed by atoms with E-state index in [1.54, 1.807) is 0 Å². The maximum atomic E-state index is 5.84. The van der Waals surface area contributed by atoms with E-state index in [9.17, 15) is 0 Å². The predicted molar refractivity (Wildman–Crippen MR) is 89.7 cm³/mol. The Labute approximate surface area is 130 Å². The van der Waals surface area contributed by atoms with Crippen LogP contribution in [0.15, 0.2) is 24.3 Å². The zero-order valence-corrected chi connectivity index (χ0v) is 14.1. The van der Waals surface area contributed by atoms with E-state index in [4.69, 9.17) is 4.74 Å². The topological polar surface area (TPSA) is 21.3 Å². The van der Waals surface area contributed by atoms with E-state index < -0.39 is 0 Å². The van der Waals surface area contributed by atoms with E-state index in [-0.39, 0.29) is 6.10 Å². The molecule has 1 N–H and O–H groups in total.